The monoisotopic (exact) mass is 293 g/mol. The highest BCUT2D eigenvalue weighted by Gasteiger charge is 2.10. The van der Waals surface area contributed by atoms with Crippen molar-refractivity contribution in [2.24, 2.45) is 0 Å². The van der Waals surface area contributed by atoms with Gasteiger partial charge in [-0.3, -0.25) is 4.90 Å². The molecule has 0 aromatic heterocycles. The fraction of sp³-hybridized carbons (Fsp3) is 0.647. The quantitative estimate of drug-likeness (QED) is 0.737. The summed E-state index contributed by atoms with van der Waals surface area (Å²) in [6, 6.07) is 6.26. The summed E-state index contributed by atoms with van der Waals surface area (Å²) in [5.74, 6) is 1.68. The van der Waals surface area contributed by atoms with Crippen molar-refractivity contribution in [3.05, 3.63) is 23.8 Å². The number of rotatable bonds is 8. The number of hydrogen-bond donors (Lipinski definition) is 0. The van der Waals surface area contributed by atoms with Crippen LogP contribution in [0.25, 0.3) is 0 Å². The van der Waals surface area contributed by atoms with Crippen LogP contribution < -0.4 is 9.47 Å². The van der Waals surface area contributed by atoms with Crippen LogP contribution >= 0.6 is 0 Å². The van der Waals surface area contributed by atoms with Crippen molar-refractivity contribution in [1.29, 1.82) is 0 Å². The number of hydrogen-bond acceptors (Lipinski definition) is 4. The van der Waals surface area contributed by atoms with E-state index in [1.807, 2.05) is 6.07 Å². The van der Waals surface area contributed by atoms with Crippen molar-refractivity contribution in [2.75, 3.05) is 46.6 Å². The molecule has 0 N–H and O–H groups in total. The van der Waals surface area contributed by atoms with Crippen molar-refractivity contribution in [2.45, 2.75) is 26.2 Å². The highest BCUT2D eigenvalue weighted by atomic mass is 16.5. The molecule has 4 nitrogen and oxygen atoms in total. The Morgan fingerprint density at radius 2 is 2.00 bits per heavy atom. The zero-order valence-corrected chi connectivity index (χ0v) is 13.3. The van der Waals surface area contributed by atoms with E-state index in [4.69, 9.17) is 14.2 Å². The standard InChI is InChI=1S/C17H27NO3/c1-3-11-21-17-14-15(6-7-16(17)19-2)5-4-8-18-9-12-20-13-10-18/h6-7,14H,3-5,8-13H2,1-2H3. The van der Waals surface area contributed by atoms with E-state index in [0.29, 0.717) is 0 Å². The summed E-state index contributed by atoms with van der Waals surface area (Å²) in [5.41, 5.74) is 1.31. The Labute approximate surface area is 128 Å². The summed E-state index contributed by atoms with van der Waals surface area (Å²) in [6.07, 6.45) is 3.24. The minimum absolute atomic E-state index is 0.730. The Morgan fingerprint density at radius 3 is 2.71 bits per heavy atom. The topological polar surface area (TPSA) is 30.9 Å². The Morgan fingerprint density at radius 1 is 1.19 bits per heavy atom. The van der Waals surface area contributed by atoms with Crippen LogP contribution in [0.1, 0.15) is 25.3 Å². The SMILES string of the molecule is CCCOc1cc(CCCN2CCOCC2)ccc1OC. The van der Waals surface area contributed by atoms with Gasteiger partial charge < -0.3 is 14.2 Å². The lowest BCUT2D eigenvalue weighted by Gasteiger charge is -2.26. The third-order valence-electron chi connectivity index (χ3n) is 3.73. The smallest absolute Gasteiger partial charge is 0.161 e. The lowest BCUT2D eigenvalue weighted by atomic mass is 10.1. The summed E-state index contributed by atoms with van der Waals surface area (Å²) in [7, 11) is 1.69. The molecule has 2 rings (SSSR count). The predicted molar refractivity (Wildman–Crippen MR) is 84.4 cm³/mol. The molecule has 1 heterocycles. The van der Waals surface area contributed by atoms with E-state index in [1.165, 1.54) is 12.0 Å². The van der Waals surface area contributed by atoms with Crippen LogP contribution in [-0.2, 0) is 11.2 Å². The molecule has 0 radical (unpaired) electrons. The fourth-order valence-corrected chi connectivity index (χ4v) is 2.53. The molecule has 0 bridgehead atoms. The van der Waals surface area contributed by atoms with Gasteiger partial charge in [-0.05, 0) is 43.5 Å². The molecule has 1 fully saturated rings. The first kappa shape index (κ1) is 16.1. The van der Waals surface area contributed by atoms with Crippen LogP contribution in [0.15, 0.2) is 18.2 Å². The van der Waals surface area contributed by atoms with Gasteiger partial charge in [0, 0.05) is 13.1 Å². The Hall–Kier alpha value is -1.26. The highest BCUT2D eigenvalue weighted by Crippen LogP contribution is 2.28. The zero-order chi connectivity index (χ0) is 14.9. The molecule has 1 saturated heterocycles. The summed E-state index contributed by atoms with van der Waals surface area (Å²) < 4.78 is 16.5. The van der Waals surface area contributed by atoms with Crippen LogP contribution in [-0.4, -0.2) is 51.5 Å². The van der Waals surface area contributed by atoms with E-state index in [2.05, 4.69) is 24.0 Å². The van der Waals surface area contributed by atoms with Gasteiger partial charge in [-0.25, -0.2) is 0 Å². The lowest BCUT2D eigenvalue weighted by molar-refractivity contribution is 0.0374. The van der Waals surface area contributed by atoms with E-state index < -0.39 is 0 Å². The van der Waals surface area contributed by atoms with Gasteiger partial charge in [0.15, 0.2) is 11.5 Å². The Bertz CT molecular complexity index is 416. The molecule has 0 amide bonds. The largest absolute Gasteiger partial charge is 0.493 e. The third kappa shape index (κ3) is 5.21. The Balaban J connectivity index is 1.84. The van der Waals surface area contributed by atoms with Gasteiger partial charge in [-0.2, -0.15) is 0 Å². The van der Waals surface area contributed by atoms with E-state index in [1.54, 1.807) is 7.11 Å². The number of morpholine rings is 1. The van der Waals surface area contributed by atoms with Crippen LogP contribution in [0.3, 0.4) is 0 Å². The second kappa shape index (κ2) is 8.90. The molecular weight excluding hydrogens is 266 g/mol. The maximum atomic E-state index is 5.76. The number of nitrogens with zero attached hydrogens (tertiary/aromatic N) is 1. The highest BCUT2D eigenvalue weighted by molar-refractivity contribution is 5.43. The van der Waals surface area contributed by atoms with Gasteiger partial charge in [0.25, 0.3) is 0 Å². The molecule has 0 spiro atoms. The molecule has 118 valence electrons. The lowest BCUT2D eigenvalue weighted by Crippen LogP contribution is -2.36. The van der Waals surface area contributed by atoms with E-state index >= 15 is 0 Å². The third-order valence-corrected chi connectivity index (χ3v) is 3.73. The average molecular weight is 293 g/mol. The molecule has 1 aromatic carbocycles. The minimum Gasteiger partial charge on any atom is -0.493 e. The first-order valence-electron chi connectivity index (χ1n) is 7.93. The molecule has 1 aromatic rings. The molecule has 1 aliphatic heterocycles. The van der Waals surface area contributed by atoms with Gasteiger partial charge in [0.05, 0.1) is 26.9 Å². The maximum Gasteiger partial charge on any atom is 0.161 e. The average Bonchev–Trinajstić information content (AvgIpc) is 2.54. The molecule has 0 unspecified atom stereocenters. The molecule has 4 heteroatoms. The normalized spacial score (nSPS) is 15.9. The summed E-state index contributed by atoms with van der Waals surface area (Å²) >= 11 is 0. The van der Waals surface area contributed by atoms with Gasteiger partial charge >= 0.3 is 0 Å². The fourth-order valence-electron chi connectivity index (χ4n) is 2.53. The van der Waals surface area contributed by atoms with Crippen molar-refractivity contribution in [3.8, 4) is 11.5 Å². The zero-order valence-electron chi connectivity index (χ0n) is 13.3. The number of benzene rings is 1. The van der Waals surface area contributed by atoms with Gasteiger partial charge in [0.2, 0.25) is 0 Å². The number of ether oxygens (including phenoxy) is 3. The second-order valence-electron chi connectivity index (χ2n) is 5.39. The van der Waals surface area contributed by atoms with Crippen molar-refractivity contribution < 1.29 is 14.2 Å². The van der Waals surface area contributed by atoms with E-state index in [-0.39, 0.29) is 0 Å². The molecule has 1 aliphatic rings. The summed E-state index contributed by atoms with van der Waals surface area (Å²) in [5, 5.41) is 0. The minimum atomic E-state index is 0.730. The molecule has 0 saturated carbocycles. The van der Waals surface area contributed by atoms with E-state index in [0.717, 1.165) is 63.8 Å². The van der Waals surface area contributed by atoms with E-state index in [9.17, 15) is 0 Å². The first-order chi connectivity index (χ1) is 10.3. The predicted octanol–water partition coefficient (Wildman–Crippen LogP) is 2.75. The van der Waals surface area contributed by atoms with Crippen LogP contribution in [0, 0.1) is 0 Å². The molecule has 0 atom stereocenters. The van der Waals surface area contributed by atoms with Crippen LogP contribution in [0.2, 0.25) is 0 Å². The van der Waals surface area contributed by atoms with Gasteiger partial charge in [0.1, 0.15) is 0 Å². The molecular formula is C17H27NO3. The first-order valence-corrected chi connectivity index (χ1v) is 7.93. The maximum absolute atomic E-state index is 5.76. The summed E-state index contributed by atoms with van der Waals surface area (Å²) in [6.45, 7) is 7.85. The molecule has 0 aliphatic carbocycles. The van der Waals surface area contributed by atoms with Crippen LogP contribution in [0.5, 0.6) is 11.5 Å². The summed E-state index contributed by atoms with van der Waals surface area (Å²) in [4.78, 5) is 2.47. The van der Waals surface area contributed by atoms with Crippen molar-refractivity contribution in [1.82, 2.24) is 4.90 Å². The van der Waals surface area contributed by atoms with Crippen molar-refractivity contribution >= 4 is 0 Å². The van der Waals surface area contributed by atoms with Crippen LogP contribution in [0.4, 0.5) is 0 Å². The number of methoxy groups -OCH3 is 1. The van der Waals surface area contributed by atoms with Gasteiger partial charge in [-0.15, -0.1) is 0 Å². The van der Waals surface area contributed by atoms with Gasteiger partial charge in [-0.1, -0.05) is 13.0 Å². The van der Waals surface area contributed by atoms with Crippen molar-refractivity contribution in [3.63, 3.8) is 0 Å². The number of aryl methyl sites for hydroxylation is 1. The Kier molecular flexibility index (Phi) is 6.83. The second-order valence-corrected chi connectivity index (χ2v) is 5.39. The molecule has 21 heavy (non-hydrogen) atoms.